The van der Waals surface area contributed by atoms with Crippen LogP contribution in [0.5, 0.6) is 5.75 Å². The molecule has 0 fully saturated rings. The minimum atomic E-state index is -3.97. The van der Waals surface area contributed by atoms with Gasteiger partial charge >= 0.3 is 6.03 Å². The molecule has 0 atom stereocenters. The lowest BCUT2D eigenvalue weighted by Crippen LogP contribution is -2.34. The SMILES string of the molecule is CCN(CC)C(=O)n1ccc(S(=O)(=O)c2cc(OC)ccc2Cl)n1. The van der Waals surface area contributed by atoms with E-state index < -0.39 is 15.9 Å². The fourth-order valence-electron chi connectivity index (χ4n) is 2.13. The molecule has 1 aromatic carbocycles. The Bertz CT molecular complexity index is 844. The van der Waals surface area contributed by atoms with Crippen molar-refractivity contribution < 1.29 is 17.9 Å². The lowest BCUT2D eigenvalue weighted by Gasteiger charge is -2.17. The summed E-state index contributed by atoms with van der Waals surface area (Å²) >= 11 is 6.01. The summed E-state index contributed by atoms with van der Waals surface area (Å²) in [6, 6.07) is 5.20. The Kier molecular flexibility index (Phi) is 5.51. The number of methoxy groups -OCH3 is 1. The summed E-state index contributed by atoms with van der Waals surface area (Å²) in [6.07, 6.45) is 1.32. The van der Waals surface area contributed by atoms with Gasteiger partial charge in [-0.05, 0) is 32.0 Å². The number of aromatic nitrogens is 2. The van der Waals surface area contributed by atoms with Gasteiger partial charge in [0.05, 0.1) is 17.0 Å². The highest BCUT2D eigenvalue weighted by atomic mass is 35.5. The minimum absolute atomic E-state index is 0.0559. The number of amides is 1. The first-order valence-corrected chi connectivity index (χ1v) is 9.14. The van der Waals surface area contributed by atoms with Crippen LogP contribution in [0, 0.1) is 0 Å². The molecule has 24 heavy (non-hydrogen) atoms. The average molecular weight is 372 g/mol. The van der Waals surface area contributed by atoms with Gasteiger partial charge in [0.2, 0.25) is 9.84 Å². The molecule has 1 aromatic heterocycles. The zero-order valence-electron chi connectivity index (χ0n) is 13.6. The standard InChI is InChI=1S/C15H18ClN3O4S/c1-4-18(5-2)15(20)19-9-8-14(17-19)24(21,22)13-10-11(23-3)6-7-12(13)16/h6-10H,4-5H2,1-3H3. The number of benzene rings is 1. The summed E-state index contributed by atoms with van der Waals surface area (Å²) in [6.45, 7) is 4.66. The smallest absolute Gasteiger partial charge is 0.344 e. The molecule has 0 N–H and O–H groups in total. The molecule has 0 aliphatic heterocycles. The van der Waals surface area contributed by atoms with Crippen molar-refractivity contribution in [3.63, 3.8) is 0 Å². The largest absolute Gasteiger partial charge is 0.497 e. The van der Waals surface area contributed by atoms with Crippen LogP contribution in [0.1, 0.15) is 13.8 Å². The van der Waals surface area contributed by atoms with Crippen molar-refractivity contribution in [3.05, 3.63) is 35.5 Å². The zero-order valence-corrected chi connectivity index (χ0v) is 15.1. The number of hydrogen-bond donors (Lipinski definition) is 0. The second-order valence-corrected chi connectivity index (χ2v) is 7.13. The van der Waals surface area contributed by atoms with Crippen molar-refractivity contribution in [2.24, 2.45) is 0 Å². The second-order valence-electron chi connectivity index (χ2n) is 4.85. The zero-order chi connectivity index (χ0) is 17.9. The van der Waals surface area contributed by atoms with Crippen LogP contribution in [-0.2, 0) is 9.84 Å². The Balaban J connectivity index is 2.43. The van der Waals surface area contributed by atoms with E-state index in [1.165, 1.54) is 36.4 Å². The molecule has 130 valence electrons. The average Bonchev–Trinajstić information content (AvgIpc) is 3.07. The van der Waals surface area contributed by atoms with Gasteiger partial charge in [-0.25, -0.2) is 13.2 Å². The highest BCUT2D eigenvalue weighted by Gasteiger charge is 2.26. The van der Waals surface area contributed by atoms with Crippen LogP contribution in [0.4, 0.5) is 4.79 Å². The topological polar surface area (TPSA) is 81.5 Å². The lowest BCUT2D eigenvalue weighted by atomic mass is 10.3. The van der Waals surface area contributed by atoms with Gasteiger partial charge in [0, 0.05) is 25.4 Å². The van der Waals surface area contributed by atoms with Gasteiger partial charge in [-0.3, -0.25) is 0 Å². The maximum absolute atomic E-state index is 12.7. The molecule has 0 saturated heterocycles. The summed E-state index contributed by atoms with van der Waals surface area (Å²) in [5.41, 5.74) is 0. The monoisotopic (exact) mass is 371 g/mol. The van der Waals surface area contributed by atoms with E-state index in [1.807, 2.05) is 13.8 Å². The number of nitrogens with zero attached hydrogens (tertiary/aromatic N) is 3. The molecule has 1 heterocycles. The highest BCUT2D eigenvalue weighted by molar-refractivity contribution is 7.91. The van der Waals surface area contributed by atoms with Gasteiger partial charge in [0.25, 0.3) is 0 Å². The molecule has 0 radical (unpaired) electrons. The molecule has 1 amide bonds. The van der Waals surface area contributed by atoms with Crippen LogP contribution in [-0.4, -0.2) is 49.3 Å². The van der Waals surface area contributed by atoms with E-state index in [0.29, 0.717) is 18.8 Å². The van der Waals surface area contributed by atoms with Crippen LogP contribution < -0.4 is 4.74 Å². The number of hydrogen-bond acceptors (Lipinski definition) is 5. The van der Waals surface area contributed by atoms with Crippen LogP contribution in [0.3, 0.4) is 0 Å². The van der Waals surface area contributed by atoms with Crippen molar-refractivity contribution in [2.45, 2.75) is 23.8 Å². The molecule has 9 heteroatoms. The summed E-state index contributed by atoms with van der Waals surface area (Å²) in [4.78, 5) is 13.6. The quantitative estimate of drug-likeness (QED) is 0.807. The van der Waals surface area contributed by atoms with Crippen molar-refractivity contribution in [1.82, 2.24) is 14.7 Å². The molecule has 2 aromatic rings. The molecule has 0 spiro atoms. The Morgan fingerprint density at radius 3 is 2.54 bits per heavy atom. The van der Waals surface area contributed by atoms with Crippen molar-refractivity contribution >= 4 is 27.5 Å². The molecular weight excluding hydrogens is 354 g/mol. The predicted molar refractivity (Wildman–Crippen MR) is 89.4 cm³/mol. The van der Waals surface area contributed by atoms with Crippen LogP contribution in [0.2, 0.25) is 5.02 Å². The first kappa shape index (κ1) is 18.3. The molecule has 7 nitrogen and oxygen atoms in total. The van der Waals surface area contributed by atoms with Gasteiger partial charge in [-0.2, -0.15) is 9.78 Å². The summed E-state index contributed by atoms with van der Waals surface area (Å²) in [5, 5.41) is 3.71. The van der Waals surface area contributed by atoms with Crippen molar-refractivity contribution in [1.29, 1.82) is 0 Å². The third kappa shape index (κ3) is 3.39. The Morgan fingerprint density at radius 1 is 1.29 bits per heavy atom. The summed E-state index contributed by atoms with van der Waals surface area (Å²) < 4.78 is 31.5. The molecule has 2 rings (SSSR count). The maximum atomic E-state index is 12.7. The van der Waals surface area contributed by atoms with Crippen LogP contribution >= 0.6 is 11.6 Å². The minimum Gasteiger partial charge on any atom is -0.497 e. The fourth-order valence-corrected chi connectivity index (χ4v) is 3.80. The van der Waals surface area contributed by atoms with Gasteiger partial charge in [0.15, 0.2) is 5.03 Å². The second kappa shape index (κ2) is 7.23. The van der Waals surface area contributed by atoms with E-state index in [2.05, 4.69) is 5.10 Å². The molecule has 0 unspecified atom stereocenters. The van der Waals surface area contributed by atoms with E-state index in [1.54, 1.807) is 6.07 Å². The Hall–Kier alpha value is -2.06. The summed E-state index contributed by atoms with van der Waals surface area (Å²) in [5.74, 6) is 0.358. The van der Waals surface area contributed by atoms with E-state index in [9.17, 15) is 13.2 Å². The first-order valence-electron chi connectivity index (χ1n) is 7.28. The molecule has 0 saturated carbocycles. The number of carbonyl (C=O) groups is 1. The first-order chi connectivity index (χ1) is 11.3. The number of rotatable bonds is 5. The Morgan fingerprint density at radius 2 is 1.96 bits per heavy atom. The number of ether oxygens (including phenoxy) is 1. The third-order valence-corrected chi connectivity index (χ3v) is 5.62. The Labute approximate surface area is 145 Å². The van der Waals surface area contributed by atoms with E-state index in [0.717, 1.165) is 4.68 Å². The fraction of sp³-hybridized carbons (Fsp3) is 0.333. The van der Waals surface area contributed by atoms with E-state index in [4.69, 9.17) is 16.3 Å². The van der Waals surface area contributed by atoms with Crippen molar-refractivity contribution in [2.75, 3.05) is 20.2 Å². The van der Waals surface area contributed by atoms with Crippen LogP contribution in [0.25, 0.3) is 0 Å². The lowest BCUT2D eigenvalue weighted by molar-refractivity contribution is 0.201. The van der Waals surface area contributed by atoms with Crippen LogP contribution in [0.15, 0.2) is 40.4 Å². The molecular formula is C15H18ClN3O4S. The van der Waals surface area contributed by atoms with Gasteiger partial charge in [0.1, 0.15) is 5.75 Å². The molecule has 0 aliphatic rings. The van der Waals surface area contributed by atoms with Crippen molar-refractivity contribution in [3.8, 4) is 5.75 Å². The van der Waals surface area contributed by atoms with Gasteiger partial charge < -0.3 is 9.64 Å². The normalized spacial score (nSPS) is 11.3. The number of halogens is 1. The summed E-state index contributed by atoms with van der Waals surface area (Å²) in [7, 11) is -2.54. The van der Waals surface area contributed by atoms with Gasteiger partial charge in [-0.1, -0.05) is 11.6 Å². The predicted octanol–water partition coefficient (Wildman–Crippen LogP) is 2.69. The van der Waals surface area contributed by atoms with Gasteiger partial charge in [-0.15, -0.1) is 0 Å². The molecule has 0 bridgehead atoms. The molecule has 0 aliphatic carbocycles. The number of carbonyl (C=O) groups excluding carboxylic acids is 1. The highest BCUT2D eigenvalue weighted by Crippen LogP contribution is 2.30. The number of sulfone groups is 1. The maximum Gasteiger partial charge on any atom is 0.344 e. The third-order valence-electron chi connectivity index (χ3n) is 3.50. The van der Waals surface area contributed by atoms with E-state index in [-0.39, 0.29) is 14.9 Å². The van der Waals surface area contributed by atoms with E-state index >= 15 is 0 Å².